The summed E-state index contributed by atoms with van der Waals surface area (Å²) in [5.41, 5.74) is 12.1. The maximum absolute atomic E-state index is 14.6. The lowest BCUT2D eigenvalue weighted by Gasteiger charge is -2.28. The summed E-state index contributed by atoms with van der Waals surface area (Å²) >= 11 is 0. The van der Waals surface area contributed by atoms with E-state index in [4.69, 9.17) is 11.5 Å². The Labute approximate surface area is 515 Å². The number of hydrogen-bond donors (Lipinski definition) is 17. The van der Waals surface area contributed by atoms with Crippen LogP contribution in [-0.4, -0.2) is 201 Å². The second-order valence-electron chi connectivity index (χ2n) is 21.5. The smallest absolute Gasteiger partial charge is 0.245 e. The summed E-state index contributed by atoms with van der Waals surface area (Å²) in [5, 5.41) is 60.8. The molecule has 0 fully saturated rings. The molecular formula is C57H78N16O17. The number of carbonyl (C=O) groups excluding carboxylic acids is 14. The summed E-state index contributed by atoms with van der Waals surface area (Å²) < 4.78 is 1.19. The third kappa shape index (κ3) is 22.7. The molecule has 33 nitrogen and oxygen atoms in total. The van der Waals surface area contributed by atoms with Crippen LogP contribution in [0.1, 0.15) is 81.5 Å². The zero-order valence-electron chi connectivity index (χ0n) is 49.5. The average molecular weight is 1260 g/mol. The minimum absolute atomic E-state index is 0.00699. The lowest BCUT2D eigenvalue weighted by molar-refractivity contribution is -0.137. The number of nitrogens with two attached hydrogens (primary N) is 2. The minimum Gasteiger partial charge on any atom is -0.394 e. The second-order valence-corrected chi connectivity index (χ2v) is 21.5. The average Bonchev–Trinajstić information content (AvgIpc) is 3.24. The number of carbonyl (C=O) groups is 14. The van der Waals surface area contributed by atoms with E-state index in [9.17, 15) is 82.4 Å². The normalized spacial score (nSPS) is 25.1. The van der Waals surface area contributed by atoms with Crippen molar-refractivity contribution in [2.24, 2.45) is 11.5 Å². The summed E-state index contributed by atoms with van der Waals surface area (Å²) in [7, 11) is 0. The van der Waals surface area contributed by atoms with E-state index in [0.29, 0.717) is 11.1 Å². The van der Waals surface area contributed by atoms with E-state index in [0.717, 1.165) is 13.3 Å². The van der Waals surface area contributed by atoms with Gasteiger partial charge in [0.25, 0.3) is 0 Å². The molecule has 488 valence electrons. The van der Waals surface area contributed by atoms with Crippen LogP contribution in [0.25, 0.3) is 0 Å². The van der Waals surface area contributed by atoms with Gasteiger partial charge in [-0.1, -0.05) is 67.6 Å². The molecule has 4 bridgehead atoms. The summed E-state index contributed by atoms with van der Waals surface area (Å²) in [6.45, 7) is -0.714. The maximum atomic E-state index is 14.6. The second kappa shape index (κ2) is 35.2. The van der Waals surface area contributed by atoms with Crippen LogP contribution < -0.4 is 75.3 Å². The van der Waals surface area contributed by atoms with E-state index < -0.39 is 201 Å². The lowest BCUT2D eigenvalue weighted by atomic mass is 9.92. The molecule has 19 N–H and O–H groups in total. The zero-order chi connectivity index (χ0) is 66.0. The van der Waals surface area contributed by atoms with Crippen molar-refractivity contribution in [1.82, 2.24) is 73.4 Å². The van der Waals surface area contributed by atoms with Crippen molar-refractivity contribution in [2.45, 2.75) is 145 Å². The molecule has 3 unspecified atom stereocenters. The van der Waals surface area contributed by atoms with Crippen LogP contribution in [0.15, 0.2) is 73.2 Å². The number of primary amides is 2. The van der Waals surface area contributed by atoms with Crippen molar-refractivity contribution in [3.8, 4) is 0 Å². The number of aliphatic hydroxyl groups excluding tert-OH is 3. The molecule has 3 aromatic rings. The van der Waals surface area contributed by atoms with Crippen LogP contribution in [-0.2, 0) is 86.5 Å². The van der Waals surface area contributed by atoms with E-state index in [1.54, 1.807) is 67.6 Å². The van der Waals surface area contributed by atoms with Crippen LogP contribution in [0.3, 0.4) is 0 Å². The molecule has 2 aliphatic heterocycles. The number of amides is 14. The van der Waals surface area contributed by atoms with E-state index in [1.807, 2.05) is 0 Å². The molecule has 2 aliphatic rings. The summed E-state index contributed by atoms with van der Waals surface area (Å²) in [6, 6.07) is 0.909. The number of fused-ring (bicyclic) bond motifs is 2. The van der Waals surface area contributed by atoms with Gasteiger partial charge in [0.15, 0.2) is 0 Å². The highest BCUT2D eigenvalue weighted by Gasteiger charge is 2.38. The summed E-state index contributed by atoms with van der Waals surface area (Å²) in [4.78, 5) is 196. The van der Waals surface area contributed by atoms with Crippen LogP contribution in [0.4, 0.5) is 0 Å². The highest BCUT2D eigenvalue weighted by atomic mass is 16.3. The van der Waals surface area contributed by atoms with Crippen molar-refractivity contribution in [3.63, 3.8) is 0 Å². The van der Waals surface area contributed by atoms with Crippen molar-refractivity contribution in [2.75, 3.05) is 32.8 Å². The Balaban J connectivity index is 1.58. The third-order valence-electron chi connectivity index (χ3n) is 14.3. The van der Waals surface area contributed by atoms with Gasteiger partial charge in [0.05, 0.1) is 50.7 Å². The monoisotopic (exact) mass is 1260 g/mol. The Morgan fingerprint density at radius 2 is 1.03 bits per heavy atom. The van der Waals surface area contributed by atoms with Gasteiger partial charge in [0, 0.05) is 63.9 Å². The fourth-order valence-electron chi connectivity index (χ4n) is 9.42. The SMILES string of the molecule is C[C@@H](c1ccccc1)C1NC(=O)C(CC(N)=O)NC(=O)[C@H](CC(N)=O)NC(=O)[C@H]2Cn3cnc(c3)C[C@H](NC(=O)CCCCNC(=O)CCNC1=O)C(=O)N[C@@H]([C@@H](C)O)C(=O)NC(CO)C(=O)N[C@@H](Cc1ccccc1)C(=O)NCCC(=O)N[C@@H](CO)C(=O)N2. The molecule has 0 aliphatic carbocycles. The predicted octanol–water partition coefficient (Wildman–Crippen LogP) is -7.72. The number of imidazole rings is 1. The fraction of sp³-hybridized carbons (Fsp3) is 0.491. The predicted molar refractivity (Wildman–Crippen MR) is 314 cm³/mol. The molecule has 3 heterocycles. The molecule has 0 spiro atoms. The fourth-order valence-corrected chi connectivity index (χ4v) is 9.42. The van der Waals surface area contributed by atoms with E-state index >= 15 is 0 Å². The van der Waals surface area contributed by atoms with Gasteiger partial charge in [0.1, 0.15) is 54.4 Å². The quantitative estimate of drug-likeness (QED) is 0.0848. The summed E-state index contributed by atoms with van der Waals surface area (Å²) in [5.74, 6) is -15.3. The van der Waals surface area contributed by atoms with Crippen LogP contribution in [0.2, 0.25) is 0 Å². The van der Waals surface area contributed by atoms with Crippen molar-refractivity contribution >= 4 is 82.7 Å². The molecule has 0 saturated heterocycles. The van der Waals surface area contributed by atoms with Gasteiger partial charge in [-0.05, 0) is 30.9 Å². The molecule has 2 aromatic carbocycles. The number of rotatable bonds is 11. The number of aliphatic hydroxyl groups is 3. The highest BCUT2D eigenvalue weighted by molar-refractivity contribution is 6.00. The van der Waals surface area contributed by atoms with Gasteiger partial charge in [-0.25, -0.2) is 4.98 Å². The van der Waals surface area contributed by atoms with Gasteiger partial charge in [-0.3, -0.25) is 67.1 Å². The van der Waals surface area contributed by atoms with Gasteiger partial charge < -0.3 is 95.2 Å². The first kappa shape index (κ1) is 70.9. The Morgan fingerprint density at radius 3 is 1.66 bits per heavy atom. The molecule has 0 radical (unpaired) electrons. The zero-order valence-corrected chi connectivity index (χ0v) is 49.5. The molecule has 33 heteroatoms. The summed E-state index contributed by atoms with van der Waals surface area (Å²) in [6.07, 6.45) is -2.59. The number of nitrogens with one attached hydrogen (secondary N) is 12. The Bertz CT molecular complexity index is 3060. The van der Waals surface area contributed by atoms with Crippen LogP contribution >= 0.6 is 0 Å². The van der Waals surface area contributed by atoms with Gasteiger partial charge in [0.2, 0.25) is 82.7 Å². The molecular weight excluding hydrogens is 1180 g/mol. The number of nitrogens with zero attached hydrogens (tertiary/aromatic N) is 2. The number of aromatic nitrogens is 2. The van der Waals surface area contributed by atoms with Crippen molar-refractivity contribution in [3.05, 3.63) is 90.0 Å². The Kier molecular flexibility index (Phi) is 27.7. The molecule has 0 saturated carbocycles. The first-order valence-corrected chi connectivity index (χ1v) is 28.9. The molecule has 90 heavy (non-hydrogen) atoms. The van der Waals surface area contributed by atoms with Gasteiger partial charge >= 0.3 is 0 Å². The Hall–Kier alpha value is -9.89. The van der Waals surface area contributed by atoms with E-state index in [2.05, 4.69) is 68.8 Å². The topological polar surface area (TPSA) is 514 Å². The third-order valence-corrected chi connectivity index (χ3v) is 14.3. The number of hydrogen-bond acceptors (Lipinski definition) is 18. The first-order chi connectivity index (χ1) is 42.8. The van der Waals surface area contributed by atoms with Crippen molar-refractivity contribution < 1.29 is 82.4 Å². The van der Waals surface area contributed by atoms with E-state index in [-0.39, 0.29) is 50.9 Å². The largest absolute Gasteiger partial charge is 0.394 e. The highest BCUT2D eigenvalue weighted by Crippen LogP contribution is 2.20. The molecule has 11 atom stereocenters. The van der Waals surface area contributed by atoms with Gasteiger partial charge in [-0.2, -0.15) is 0 Å². The maximum Gasteiger partial charge on any atom is 0.245 e. The van der Waals surface area contributed by atoms with Crippen LogP contribution in [0.5, 0.6) is 0 Å². The molecule has 14 amide bonds. The van der Waals surface area contributed by atoms with Crippen molar-refractivity contribution in [1.29, 1.82) is 0 Å². The molecule has 5 rings (SSSR count). The minimum atomic E-state index is -2.00. The van der Waals surface area contributed by atoms with Gasteiger partial charge in [-0.15, -0.1) is 0 Å². The standard InChI is InChI=1S/C57H78N16O17/c1-30(33-13-7-4-8-14-33)47-56(89)62-19-16-44(79)60-18-10-9-15-45(80)64-36-22-34-25-73(29-63-34)26-39(53(86)68-37(23-42(58)77)50(83)67-38(24-43(59)78)52(85)71-47)69-54(87)40(27-74)65-46(81)17-20-61-49(82)35(21-32-11-5-3-6-12-32)66-55(88)41(28-75)70-57(90)48(31(2)76)72-51(36)84/h3-8,11-14,25,29-31,35-41,47-48,74-76H,9-10,15-24,26-28H2,1-2H3,(H2,58,77)(H2,59,78)(H,60,79)(H,61,82)(H,62,89)(H,64,80)(H,65,81)(H,66,88)(H,67,83)(H,68,86)(H,69,87)(H,70,90)(H,71,85)(H,72,84)/t30-,31+,35-,36-,37-,38?,39+,40-,41?,47?,48-/m0/s1. The molecule has 1 aromatic heterocycles. The Morgan fingerprint density at radius 1 is 0.522 bits per heavy atom. The lowest BCUT2D eigenvalue weighted by Crippen LogP contribution is -2.61. The van der Waals surface area contributed by atoms with E-state index in [1.165, 1.54) is 10.8 Å². The number of benzene rings is 2. The first-order valence-electron chi connectivity index (χ1n) is 28.9. The van der Waals surface area contributed by atoms with Crippen LogP contribution in [0, 0.1) is 0 Å².